The van der Waals surface area contributed by atoms with Crippen molar-refractivity contribution in [1.82, 2.24) is 10.2 Å². The molecule has 0 fully saturated rings. The number of amides is 2. The maximum atomic E-state index is 13.7. The largest absolute Gasteiger partial charge is 0.352 e. The quantitative estimate of drug-likeness (QED) is 0.497. The molecule has 2 aromatic carbocycles. The summed E-state index contributed by atoms with van der Waals surface area (Å²) in [6.45, 7) is 4.92. The number of carbonyl (C=O) groups is 2. The molecule has 2 rings (SSSR count). The highest BCUT2D eigenvalue weighted by Gasteiger charge is 2.30. The third-order valence-corrected chi connectivity index (χ3v) is 6.88. The second-order valence-corrected chi connectivity index (χ2v) is 10.7. The van der Waals surface area contributed by atoms with Gasteiger partial charge in [-0.05, 0) is 56.2 Å². The maximum Gasteiger partial charge on any atom is 0.244 e. The monoisotopic (exact) mass is 541 g/mol. The van der Waals surface area contributed by atoms with Crippen LogP contribution in [-0.4, -0.2) is 50.0 Å². The van der Waals surface area contributed by atoms with Crippen LogP contribution in [-0.2, 0) is 26.2 Å². The summed E-state index contributed by atoms with van der Waals surface area (Å²) in [6, 6.07) is 11.3. The van der Waals surface area contributed by atoms with Crippen LogP contribution in [0, 0.1) is 5.82 Å². The van der Waals surface area contributed by atoms with Crippen LogP contribution in [0.15, 0.2) is 53.0 Å². The van der Waals surface area contributed by atoms with Crippen LogP contribution >= 0.6 is 15.9 Å². The van der Waals surface area contributed by atoms with Gasteiger partial charge in [0.15, 0.2) is 0 Å². The molecule has 0 bridgehead atoms. The highest BCUT2D eigenvalue weighted by molar-refractivity contribution is 9.10. The van der Waals surface area contributed by atoms with Crippen LogP contribution in [0.5, 0.6) is 0 Å². The Morgan fingerprint density at radius 2 is 1.76 bits per heavy atom. The van der Waals surface area contributed by atoms with Crippen molar-refractivity contribution in [2.24, 2.45) is 0 Å². The van der Waals surface area contributed by atoms with Gasteiger partial charge in [0, 0.05) is 17.1 Å². The standard InChI is InChI=1S/C23H29BrFN3O4S/c1-5-16(2)26-23(30)17(3)27(14-18-9-11-19(24)12-10-18)22(29)15-28(33(4,31)32)21-8-6-7-20(25)13-21/h6-13,16-17H,5,14-15H2,1-4H3,(H,26,30)/t16-,17+/m1/s1. The fraction of sp³-hybridized carbons (Fsp3) is 0.391. The minimum absolute atomic E-state index is 0.0335. The van der Waals surface area contributed by atoms with Gasteiger partial charge in [0.25, 0.3) is 0 Å². The molecule has 0 saturated carbocycles. The molecule has 0 radical (unpaired) electrons. The molecular formula is C23H29BrFN3O4S. The zero-order chi connectivity index (χ0) is 24.8. The van der Waals surface area contributed by atoms with Crippen LogP contribution in [0.4, 0.5) is 10.1 Å². The zero-order valence-electron chi connectivity index (χ0n) is 19.1. The van der Waals surface area contributed by atoms with Crippen LogP contribution in [0.25, 0.3) is 0 Å². The third-order valence-electron chi connectivity index (χ3n) is 5.21. The molecule has 2 aromatic rings. The van der Waals surface area contributed by atoms with E-state index in [2.05, 4.69) is 21.2 Å². The molecule has 180 valence electrons. The topological polar surface area (TPSA) is 86.8 Å². The van der Waals surface area contributed by atoms with Crippen LogP contribution in [0.3, 0.4) is 0 Å². The second-order valence-electron chi connectivity index (χ2n) is 7.89. The smallest absolute Gasteiger partial charge is 0.244 e. The van der Waals surface area contributed by atoms with Crippen molar-refractivity contribution < 1.29 is 22.4 Å². The van der Waals surface area contributed by atoms with Crippen LogP contribution in [0.2, 0.25) is 0 Å². The first kappa shape index (κ1) is 26.8. The Morgan fingerprint density at radius 3 is 2.30 bits per heavy atom. The first-order valence-corrected chi connectivity index (χ1v) is 13.1. The van der Waals surface area contributed by atoms with Gasteiger partial charge >= 0.3 is 0 Å². The second kappa shape index (κ2) is 11.6. The van der Waals surface area contributed by atoms with Crippen molar-refractivity contribution in [3.63, 3.8) is 0 Å². The molecule has 0 aliphatic carbocycles. The Balaban J connectivity index is 2.37. The van der Waals surface area contributed by atoms with Gasteiger partial charge in [0.2, 0.25) is 21.8 Å². The van der Waals surface area contributed by atoms with E-state index in [4.69, 9.17) is 0 Å². The van der Waals surface area contributed by atoms with Gasteiger partial charge in [0.05, 0.1) is 11.9 Å². The molecule has 0 saturated heterocycles. The predicted octanol–water partition coefficient (Wildman–Crippen LogP) is 3.69. The normalized spacial score (nSPS) is 13.2. The summed E-state index contributed by atoms with van der Waals surface area (Å²) >= 11 is 3.37. The molecule has 33 heavy (non-hydrogen) atoms. The predicted molar refractivity (Wildman–Crippen MR) is 131 cm³/mol. The highest BCUT2D eigenvalue weighted by atomic mass is 79.9. The van der Waals surface area contributed by atoms with Crippen molar-refractivity contribution >= 4 is 43.5 Å². The lowest BCUT2D eigenvalue weighted by Gasteiger charge is -2.32. The Labute approximate surface area is 203 Å². The number of nitrogens with zero attached hydrogens (tertiary/aromatic N) is 2. The van der Waals surface area contributed by atoms with Gasteiger partial charge in [-0.2, -0.15) is 0 Å². The maximum absolute atomic E-state index is 13.7. The summed E-state index contributed by atoms with van der Waals surface area (Å²) in [5, 5.41) is 2.86. The van der Waals surface area contributed by atoms with Crippen LogP contribution in [0.1, 0.15) is 32.8 Å². The lowest BCUT2D eigenvalue weighted by molar-refractivity contribution is -0.139. The molecule has 0 aliphatic heterocycles. The van der Waals surface area contributed by atoms with Crippen molar-refractivity contribution in [3.05, 3.63) is 64.4 Å². The molecule has 10 heteroatoms. The summed E-state index contributed by atoms with van der Waals surface area (Å²) in [5.41, 5.74) is 0.803. The molecule has 2 atom stereocenters. The first-order chi connectivity index (χ1) is 15.4. The Morgan fingerprint density at radius 1 is 1.12 bits per heavy atom. The Bertz CT molecular complexity index is 1080. The Kier molecular flexibility index (Phi) is 9.42. The SMILES string of the molecule is CC[C@@H](C)NC(=O)[C@H](C)N(Cc1ccc(Br)cc1)C(=O)CN(c1cccc(F)c1)S(C)(=O)=O. The van der Waals surface area contributed by atoms with E-state index in [0.717, 1.165) is 33.1 Å². The van der Waals surface area contributed by atoms with E-state index >= 15 is 0 Å². The Hall–Kier alpha value is -2.46. The number of anilines is 1. The van der Waals surface area contributed by atoms with Crippen molar-refractivity contribution in [2.45, 2.75) is 45.8 Å². The molecule has 0 spiro atoms. The number of carbonyl (C=O) groups excluding carboxylic acids is 2. The molecule has 1 N–H and O–H groups in total. The van der Waals surface area contributed by atoms with Crippen molar-refractivity contribution in [1.29, 1.82) is 0 Å². The summed E-state index contributed by atoms with van der Waals surface area (Å²) in [5.74, 6) is -1.55. The number of hydrogen-bond donors (Lipinski definition) is 1. The highest BCUT2D eigenvalue weighted by Crippen LogP contribution is 2.20. The van der Waals surface area contributed by atoms with Crippen molar-refractivity contribution in [2.75, 3.05) is 17.1 Å². The fourth-order valence-electron chi connectivity index (χ4n) is 3.08. The van der Waals surface area contributed by atoms with Gasteiger partial charge in [0.1, 0.15) is 18.4 Å². The number of benzene rings is 2. The molecule has 0 unspecified atom stereocenters. The van der Waals surface area contributed by atoms with Crippen molar-refractivity contribution in [3.8, 4) is 0 Å². The van der Waals surface area contributed by atoms with E-state index in [9.17, 15) is 22.4 Å². The van der Waals surface area contributed by atoms with Crippen LogP contribution < -0.4 is 9.62 Å². The number of hydrogen-bond acceptors (Lipinski definition) is 4. The zero-order valence-corrected chi connectivity index (χ0v) is 21.5. The molecule has 7 nitrogen and oxygen atoms in total. The number of sulfonamides is 1. The van der Waals surface area contributed by atoms with Gasteiger partial charge < -0.3 is 10.2 Å². The van der Waals surface area contributed by atoms with E-state index in [1.165, 1.54) is 23.1 Å². The van der Waals surface area contributed by atoms with Gasteiger partial charge in [-0.15, -0.1) is 0 Å². The number of nitrogens with one attached hydrogen (secondary N) is 1. The van der Waals surface area contributed by atoms with Gasteiger partial charge in [-0.25, -0.2) is 12.8 Å². The summed E-state index contributed by atoms with van der Waals surface area (Å²) in [7, 11) is -3.90. The third kappa shape index (κ3) is 7.82. The fourth-order valence-corrected chi connectivity index (χ4v) is 4.19. The molecular weight excluding hydrogens is 513 g/mol. The lowest BCUT2D eigenvalue weighted by atomic mass is 10.1. The minimum atomic E-state index is -3.90. The van der Waals surface area contributed by atoms with E-state index in [1.807, 2.05) is 38.1 Å². The molecule has 2 amide bonds. The molecule has 0 aliphatic rings. The van der Waals surface area contributed by atoms with E-state index in [-0.39, 0.29) is 24.2 Å². The average Bonchev–Trinajstić information content (AvgIpc) is 2.75. The van der Waals surface area contributed by atoms with E-state index in [1.54, 1.807) is 6.92 Å². The van der Waals surface area contributed by atoms with Gasteiger partial charge in [-0.1, -0.05) is 41.1 Å². The van der Waals surface area contributed by atoms with Gasteiger partial charge in [-0.3, -0.25) is 13.9 Å². The molecule has 0 heterocycles. The molecule has 0 aromatic heterocycles. The average molecular weight is 542 g/mol. The number of halogens is 2. The summed E-state index contributed by atoms with van der Waals surface area (Å²) in [6.07, 6.45) is 1.67. The van der Waals surface area contributed by atoms with E-state index in [0.29, 0.717) is 0 Å². The first-order valence-electron chi connectivity index (χ1n) is 10.5. The lowest BCUT2D eigenvalue weighted by Crippen LogP contribution is -2.52. The summed E-state index contributed by atoms with van der Waals surface area (Å²) in [4.78, 5) is 27.5. The minimum Gasteiger partial charge on any atom is -0.352 e. The van der Waals surface area contributed by atoms with E-state index < -0.39 is 34.3 Å². The summed E-state index contributed by atoms with van der Waals surface area (Å²) < 4.78 is 40.3. The number of rotatable bonds is 10.